The van der Waals surface area contributed by atoms with Crippen LogP contribution in [0.5, 0.6) is 5.75 Å². The van der Waals surface area contributed by atoms with Crippen molar-refractivity contribution in [3.05, 3.63) is 76.4 Å². The second-order valence-electron chi connectivity index (χ2n) is 8.77. The zero-order chi connectivity index (χ0) is 22.5. The molecular formula is C26H23N3O3S. The number of hydrogen-bond donors (Lipinski definition) is 0. The maximum Gasteiger partial charge on any atom is 0.263 e. The van der Waals surface area contributed by atoms with Gasteiger partial charge in [0.25, 0.3) is 5.56 Å². The fraction of sp³-hybridized carbons (Fsp3) is 0.269. The van der Waals surface area contributed by atoms with E-state index in [9.17, 15) is 4.79 Å². The zero-order valence-corrected chi connectivity index (χ0v) is 19.3. The minimum absolute atomic E-state index is 0.0619. The molecule has 3 heterocycles. The SMILES string of the molecule is CC(C)Oc1ccc(-c2nc3sc4ccccc4c3c(=O)n2Cc2ccno2)c(C2CC2)c1. The predicted molar refractivity (Wildman–Crippen MR) is 130 cm³/mol. The molecule has 0 bridgehead atoms. The molecule has 2 aromatic carbocycles. The van der Waals surface area contributed by atoms with Crippen molar-refractivity contribution < 1.29 is 9.26 Å². The van der Waals surface area contributed by atoms with Gasteiger partial charge in [0.15, 0.2) is 5.76 Å². The number of rotatable bonds is 6. The number of thiophene rings is 1. The Morgan fingerprint density at radius 2 is 2.03 bits per heavy atom. The third kappa shape index (κ3) is 3.62. The third-order valence-corrected chi connectivity index (χ3v) is 7.02. The van der Waals surface area contributed by atoms with Crippen LogP contribution in [0.3, 0.4) is 0 Å². The average Bonchev–Trinajstić information content (AvgIpc) is 3.38. The number of hydrogen-bond acceptors (Lipinski definition) is 6. The van der Waals surface area contributed by atoms with Gasteiger partial charge in [-0.1, -0.05) is 23.4 Å². The lowest BCUT2D eigenvalue weighted by atomic mass is 10.0. The van der Waals surface area contributed by atoms with Gasteiger partial charge in [0.05, 0.1) is 24.2 Å². The summed E-state index contributed by atoms with van der Waals surface area (Å²) in [6.45, 7) is 4.32. The van der Waals surface area contributed by atoms with E-state index in [0.717, 1.165) is 39.1 Å². The molecule has 0 radical (unpaired) electrons. The molecule has 0 amide bonds. The van der Waals surface area contributed by atoms with E-state index in [1.807, 2.05) is 50.2 Å². The Balaban J connectivity index is 1.62. The van der Waals surface area contributed by atoms with Crippen LogP contribution >= 0.6 is 11.3 Å². The molecule has 0 spiro atoms. The molecule has 0 atom stereocenters. The number of ether oxygens (including phenoxy) is 1. The first-order valence-electron chi connectivity index (χ1n) is 11.2. The fourth-order valence-corrected chi connectivity index (χ4v) is 5.43. The highest BCUT2D eigenvalue weighted by atomic mass is 32.1. The van der Waals surface area contributed by atoms with Gasteiger partial charge in [-0.3, -0.25) is 9.36 Å². The molecule has 33 heavy (non-hydrogen) atoms. The quantitative estimate of drug-likeness (QED) is 0.314. The van der Waals surface area contributed by atoms with Crippen LogP contribution in [0.15, 0.2) is 64.0 Å². The summed E-state index contributed by atoms with van der Waals surface area (Å²) in [5.41, 5.74) is 2.10. The second kappa shape index (κ2) is 7.85. The normalized spacial score (nSPS) is 13.9. The molecule has 3 aromatic heterocycles. The number of fused-ring (bicyclic) bond motifs is 3. The molecule has 6 rings (SSSR count). The van der Waals surface area contributed by atoms with Crippen molar-refractivity contribution in [1.29, 1.82) is 0 Å². The highest BCUT2D eigenvalue weighted by molar-refractivity contribution is 7.25. The first-order valence-corrected chi connectivity index (χ1v) is 12.0. The summed E-state index contributed by atoms with van der Waals surface area (Å²) >= 11 is 1.56. The molecule has 1 aliphatic carbocycles. The van der Waals surface area contributed by atoms with Gasteiger partial charge in [-0.25, -0.2) is 4.98 Å². The topological polar surface area (TPSA) is 70.2 Å². The monoisotopic (exact) mass is 457 g/mol. The Labute approximate surface area is 194 Å². The van der Waals surface area contributed by atoms with Crippen LogP contribution in [-0.2, 0) is 6.54 Å². The lowest BCUT2D eigenvalue weighted by molar-refractivity contribution is 0.242. The molecule has 0 unspecified atom stereocenters. The van der Waals surface area contributed by atoms with E-state index in [0.29, 0.717) is 22.9 Å². The Morgan fingerprint density at radius 3 is 2.79 bits per heavy atom. The summed E-state index contributed by atoms with van der Waals surface area (Å²) < 4.78 is 14.1. The minimum Gasteiger partial charge on any atom is -0.491 e. The van der Waals surface area contributed by atoms with Gasteiger partial charge in [-0.2, -0.15) is 0 Å². The fourth-order valence-electron chi connectivity index (χ4n) is 4.36. The van der Waals surface area contributed by atoms with Crippen molar-refractivity contribution in [1.82, 2.24) is 14.7 Å². The van der Waals surface area contributed by atoms with Gasteiger partial charge >= 0.3 is 0 Å². The van der Waals surface area contributed by atoms with E-state index >= 15 is 0 Å². The Kier molecular flexibility index (Phi) is 4.80. The van der Waals surface area contributed by atoms with E-state index in [2.05, 4.69) is 11.2 Å². The summed E-state index contributed by atoms with van der Waals surface area (Å²) in [6, 6.07) is 15.9. The zero-order valence-electron chi connectivity index (χ0n) is 18.4. The highest BCUT2D eigenvalue weighted by Gasteiger charge is 2.29. The van der Waals surface area contributed by atoms with E-state index < -0.39 is 0 Å². The molecule has 5 aromatic rings. The molecule has 0 aliphatic heterocycles. The van der Waals surface area contributed by atoms with Gasteiger partial charge in [0.1, 0.15) is 16.4 Å². The average molecular weight is 458 g/mol. The smallest absolute Gasteiger partial charge is 0.263 e. The standard InChI is InChI=1S/C26H23N3O3S/c1-15(2)31-17-9-10-19(21(13-17)16-7-8-16)24-28-25-23(20-5-3-4-6-22(20)33-25)26(30)29(24)14-18-11-12-27-32-18/h3-6,9-13,15-16H,7-8,14H2,1-2H3. The summed E-state index contributed by atoms with van der Waals surface area (Å²) in [7, 11) is 0. The molecule has 6 nitrogen and oxygen atoms in total. The molecular weight excluding hydrogens is 434 g/mol. The number of benzene rings is 2. The molecule has 0 N–H and O–H groups in total. The first kappa shape index (κ1) is 20.2. The van der Waals surface area contributed by atoms with Crippen LogP contribution in [0.25, 0.3) is 31.7 Å². The van der Waals surface area contributed by atoms with Gasteiger partial charge in [0, 0.05) is 21.7 Å². The van der Waals surface area contributed by atoms with Crippen molar-refractivity contribution in [3.8, 4) is 17.1 Å². The number of nitrogens with zero attached hydrogens (tertiary/aromatic N) is 3. The lowest BCUT2D eigenvalue weighted by Gasteiger charge is -2.17. The van der Waals surface area contributed by atoms with Crippen LogP contribution in [0.4, 0.5) is 0 Å². The Morgan fingerprint density at radius 1 is 1.18 bits per heavy atom. The van der Waals surface area contributed by atoms with Crippen molar-refractivity contribution in [3.63, 3.8) is 0 Å². The van der Waals surface area contributed by atoms with E-state index in [1.54, 1.807) is 28.2 Å². The largest absolute Gasteiger partial charge is 0.491 e. The maximum atomic E-state index is 13.9. The maximum absolute atomic E-state index is 13.9. The molecule has 1 aliphatic rings. The van der Waals surface area contributed by atoms with Gasteiger partial charge in [-0.05, 0) is 62.4 Å². The van der Waals surface area contributed by atoms with Crippen molar-refractivity contribution >= 4 is 31.6 Å². The highest BCUT2D eigenvalue weighted by Crippen LogP contribution is 2.46. The van der Waals surface area contributed by atoms with Crippen molar-refractivity contribution in [2.24, 2.45) is 0 Å². The summed E-state index contributed by atoms with van der Waals surface area (Å²) in [4.78, 5) is 19.7. The summed E-state index contributed by atoms with van der Waals surface area (Å²) in [5, 5.41) is 5.42. The Hall–Kier alpha value is -3.45. The van der Waals surface area contributed by atoms with E-state index in [1.165, 1.54) is 5.56 Å². The van der Waals surface area contributed by atoms with Gasteiger partial charge < -0.3 is 9.26 Å². The van der Waals surface area contributed by atoms with Crippen molar-refractivity contribution in [2.75, 3.05) is 0 Å². The summed E-state index contributed by atoms with van der Waals surface area (Å²) in [5.74, 6) is 2.59. The molecule has 7 heteroatoms. The summed E-state index contributed by atoms with van der Waals surface area (Å²) in [6.07, 6.45) is 3.96. The van der Waals surface area contributed by atoms with Crippen LogP contribution in [0, 0.1) is 0 Å². The first-order chi connectivity index (χ1) is 16.1. The second-order valence-corrected chi connectivity index (χ2v) is 9.80. The number of aromatic nitrogens is 3. The van der Waals surface area contributed by atoms with Crippen molar-refractivity contribution in [2.45, 2.75) is 45.3 Å². The van der Waals surface area contributed by atoms with Gasteiger partial charge in [0.2, 0.25) is 0 Å². The Bertz CT molecular complexity index is 1530. The van der Waals surface area contributed by atoms with Gasteiger partial charge in [-0.15, -0.1) is 11.3 Å². The van der Waals surface area contributed by atoms with Crippen LogP contribution < -0.4 is 10.3 Å². The van der Waals surface area contributed by atoms with Crippen LogP contribution in [-0.4, -0.2) is 20.8 Å². The van der Waals surface area contributed by atoms with E-state index in [-0.39, 0.29) is 18.2 Å². The lowest BCUT2D eigenvalue weighted by Crippen LogP contribution is -2.24. The third-order valence-electron chi connectivity index (χ3n) is 5.96. The van der Waals surface area contributed by atoms with Crippen LogP contribution in [0.2, 0.25) is 0 Å². The molecule has 1 fully saturated rings. The molecule has 166 valence electrons. The van der Waals surface area contributed by atoms with Crippen LogP contribution in [0.1, 0.15) is 43.9 Å². The minimum atomic E-state index is -0.0619. The van der Waals surface area contributed by atoms with E-state index in [4.69, 9.17) is 14.2 Å². The predicted octanol–water partition coefficient (Wildman–Crippen LogP) is 5.98. The molecule has 0 saturated heterocycles. The molecule has 1 saturated carbocycles.